The minimum Gasteiger partial charge on any atom is -0.294 e. The van der Waals surface area contributed by atoms with Gasteiger partial charge in [-0.1, -0.05) is 78.9 Å². The Morgan fingerprint density at radius 1 is 0.630 bits per heavy atom. The van der Waals surface area contributed by atoms with Gasteiger partial charge in [0.2, 0.25) is 5.78 Å². The van der Waals surface area contributed by atoms with E-state index in [0.717, 1.165) is 22.3 Å². The van der Waals surface area contributed by atoms with Gasteiger partial charge in [0.25, 0.3) is 0 Å². The van der Waals surface area contributed by atoms with Gasteiger partial charge in [-0.15, -0.1) is 0 Å². The fourth-order valence-corrected chi connectivity index (χ4v) is 2.68. The molecule has 0 aliphatic rings. The summed E-state index contributed by atoms with van der Waals surface area (Å²) in [6.07, 6.45) is -6.16. The summed E-state index contributed by atoms with van der Waals surface area (Å²) >= 11 is 0. The SMILES string of the molecule is O=C(CC(=O)C(F)(F)F)c1ccc(-c2ccc(-c3ccccc3)cc2)cc1. The number of halogens is 3. The topological polar surface area (TPSA) is 34.1 Å². The number of carbonyl (C=O) groups excluding carboxylic acids is 2. The van der Waals surface area contributed by atoms with Gasteiger partial charge in [-0.05, 0) is 22.3 Å². The van der Waals surface area contributed by atoms with Crippen molar-refractivity contribution in [2.75, 3.05) is 0 Å². The first-order valence-electron chi connectivity index (χ1n) is 8.24. The van der Waals surface area contributed by atoms with E-state index < -0.39 is 24.2 Å². The maximum Gasteiger partial charge on any atom is 0.450 e. The molecular formula is C22H15F3O2. The van der Waals surface area contributed by atoms with Crippen LogP contribution in [0.25, 0.3) is 22.3 Å². The summed E-state index contributed by atoms with van der Waals surface area (Å²) in [5.41, 5.74) is 3.99. The van der Waals surface area contributed by atoms with Crippen molar-refractivity contribution in [2.24, 2.45) is 0 Å². The number of rotatable bonds is 5. The van der Waals surface area contributed by atoms with Gasteiger partial charge in [0.1, 0.15) is 0 Å². The van der Waals surface area contributed by atoms with Crippen LogP contribution in [-0.2, 0) is 4.79 Å². The van der Waals surface area contributed by atoms with Gasteiger partial charge in [0.05, 0.1) is 6.42 Å². The molecular weight excluding hydrogens is 353 g/mol. The molecule has 0 fully saturated rings. The highest BCUT2D eigenvalue weighted by Gasteiger charge is 2.39. The van der Waals surface area contributed by atoms with Gasteiger partial charge in [-0.3, -0.25) is 9.59 Å². The highest BCUT2D eigenvalue weighted by Crippen LogP contribution is 2.25. The van der Waals surface area contributed by atoms with Crippen LogP contribution in [0.2, 0.25) is 0 Å². The number of hydrogen-bond acceptors (Lipinski definition) is 2. The number of alkyl halides is 3. The molecule has 0 amide bonds. The Balaban J connectivity index is 1.74. The van der Waals surface area contributed by atoms with Crippen LogP contribution >= 0.6 is 0 Å². The van der Waals surface area contributed by atoms with E-state index in [-0.39, 0.29) is 5.56 Å². The Bertz CT molecular complexity index is 942. The Morgan fingerprint density at radius 2 is 1.04 bits per heavy atom. The fraction of sp³-hybridized carbons (Fsp3) is 0.0909. The second-order valence-electron chi connectivity index (χ2n) is 6.04. The lowest BCUT2D eigenvalue weighted by molar-refractivity contribution is -0.170. The summed E-state index contributed by atoms with van der Waals surface area (Å²) in [6, 6.07) is 23.9. The lowest BCUT2D eigenvalue weighted by atomic mass is 9.98. The molecule has 0 saturated heterocycles. The average Bonchev–Trinajstić information content (AvgIpc) is 2.68. The molecule has 0 radical (unpaired) electrons. The van der Waals surface area contributed by atoms with Crippen molar-refractivity contribution >= 4 is 11.6 Å². The molecule has 0 unspecified atom stereocenters. The molecule has 3 rings (SSSR count). The molecule has 0 saturated carbocycles. The van der Waals surface area contributed by atoms with E-state index in [1.807, 2.05) is 54.6 Å². The van der Waals surface area contributed by atoms with Crippen LogP contribution in [0, 0.1) is 0 Å². The van der Waals surface area contributed by atoms with Crippen LogP contribution < -0.4 is 0 Å². The molecule has 2 nitrogen and oxygen atoms in total. The molecule has 0 atom stereocenters. The maximum absolute atomic E-state index is 12.3. The molecule has 0 spiro atoms. The van der Waals surface area contributed by atoms with Crippen molar-refractivity contribution in [3.05, 3.63) is 84.4 Å². The van der Waals surface area contributed by atoms with Crippen molar-refractivity contribution in [1.82, 2.24) is 0 Å². The molecule has 3 aromatic carbocycles. The van der Waals surface area contributed by atoms with Crippen molar-refractivity contribution in [3.8, 4) is 22.3 Å². The van der Waals surface area contributed by atoms with E-state index >= 15 is 0 Å². The average molecular weight is 368 g/mol. The predicted octanol–water partition coefficient (Wildman–Crippen LogP) is 5.72. The zero-order valence-corrected chi connectivity index (χ0v) is 14.2. The molecule has 5 heteroatoms. The molecule has 27 heavy (non-hydrogen) atoms. The lowest BCUT2D eigenvalue weighted by Gasteiger charge is -2.07. The smallest absolute Gasteiger partial charge is 0.294 e. The van der Waals surface area contributed by atoms with Crippen molar-refractivity contribution in [3.63, 3.8) is 0 Å². The van der Waals surface area contributed by atoms with Gasteiger partial charge < -0.3 is 0 Å². The van der Waals surface area contributed by atoms with E-state index in [1.54, 1.807) is 12.1 Å². The molecule has 0 heterocycles. The first kappa shape index (κ1) is 18.6. The zero-order chi connectivity index (χ0) is 19.4. The molecule has 0 N–H and O–H groups in total. The van der Waals surface area contributed by atoms with Crippen molar-refractivity contribution in [2.45, 2.75) is 12.6 Å². The molecule has 0 bridgehead atoms. The van der Waals surface area contributed by atoms with Crippen LogP contribution in [0.4, 0.5) is 13.2 Å². The highest BCUT2D eigenvalue weighted by atomic mass is 19.4. The van der Waals surface area contributed by atoms with E-state index in [2.05, 4.69) is 0 Å². The quantitative estimate of drug-likeness (QED) is 0.426. The minimum absolute atomic E-state index is 0.0808. The van der Waals surface area contributed by atoms with Gasteiger partial charge in [-0.25, -0.2) is 0 Å². The van der Waals surface area contributed by atoms with Crippen LogP contribution in [0.1, 0.15) is 16.8 Å². The van der Waals surface area contributed by atoms with Gasteiger partial charge >= 0.3 is 6.18 Å². The van der Waals surface area contributed by atoms with Gasteiger partial charge in [0.15, 0.2) is 5.78 Å². The summed E-state index contributed by atoms with van der Waals surface area (Å²) in [4.78, 5) is 22.8. The third kappa shape index (κ3) is 4.50. The van der Waals surface area contributed by atoms with Crippen LogP contribution in [-0.4, -0.2) is 17.7 Å². The van der Waals surface area contributed by atoms with Gasteiger partial charge in [0, 0.05) is 5.56 Å². The lowest BCUT2D eigenvalue weighted by Crippen LogP contribution is -2.25. The Kier molecular flexibility index (Phi) is 5.21. The number of ketones is 2. The van der Waals surface area contributed by atoms with E-state index in [0.29, 0.717) is 0 Å². The normalized spacial score (nSPS) is 11.2. The molecule has 0 aliphatic carbocycles. The fourth-order valence-electron chi connectivity index (χ4n) is 2.68. The van der Waals surface area contributed by atoms with E-state index in [9.17, 15) is 22.8 Å². The number of benzene rings is 3. The first-order chi connectivity index (χ1) is 12.8. The van der Waals surface area contributed by atoms with Crippen LogP contribution in [0.5, 0.6) is 0 Å². The Morgan fingerprint density at radius 3 is 1.48 bits per heavy atom. The predicted molar refractivity (Wildman–Crippen MR) is 97.3 cm³/mol. The summed E-state index contributed by atoms with van der Waals surface area (Å²) < 4.78 is 36.8. The van der Waals surface area contributed by atoms with Crippen molar-refractivity contribution in [1.29, 1.82) is 0 Å². The molecule has 3 aromatic rings. The molecule has 0 aliphatic heterocycles. The third-order valence-corrected chi connectivity index (χ3v) is 4.17. The minimum atomic E-state index is -4.99. The van der Waals surface area contributed by atoms with Crippen LogP contribution in [0.15, 0.2) is 78.9 Å². The maximum atomic E-state index is 12.3. The first-order valence-corrected chi connectivity index (χ1v) is 8.24. The van der Waals surface area contributed by atoms with E-state index in [4.69, 9.17) is 0 Å². The second-order valence-corrected chi connectivity index (χ2v) is 6.04. The summed E-state index contributed by atoms with van der Waals surface area (Å²) in [5.74, 6) is -2.88. The second kappa shape index (κ2) is 7.58. The number of hydrogen-bond donors (Lipinski definition) is 0. The summed E-state index contributed by atoms with van der Waals surface area (Å²) in [7, 11) is 0. The summed E-state index contributed by atoms with van der Waals surface area (Å²) in [6.45, 7) is 0. The monoisotopic (exact) mass is 368 g/mol. The molecule has 0 aromatic heterocycles. The van der Waals surface area contributed by atoms with Gasteiger partial charge in [-0.2, -0.15) is 13.2 Å². The zero-order valence-electron chi connectivity index (χ0n) is 14.2. The van der Waals surface area contributed by atoms with Crippen molar-refractivity contribution < 1.29 is 22.8 Å². The Hall–Kier alpha value is -3.21. The van der Waals surface area contributed by atoms with Crippen LogP contribution in [0.3, 0.4) is 0 Å². The standard InChI is InChI=1S/C22H15F3O2/c23-22(24,25)21(27)14-20(26)19-12-10-18(11-13-19)17-8-6-16(7-9-17)15-4-2-1-3-5-15/h1-13H,14H2. The number of carbonyl (C=O) groups is 2. The van der Waals surface area contributed by atoms with E-state index in [1.165, 1.54) is 12.1 Å². The largest absolute Gasteiger partial charge is 0.450 e. The Labute approximate surface area is 154 Å². The third-order valence-electron chi connectivity index (χ3n) is 4.17. The number of Topliss-reactive ketones (excluding diaryl/α,β-unsaturated/α-hetero) is 2. The molecule has 136 valence electrons. The summed E-state index contributed by atoms with van der Waals surface area (Å²) in [5, 5.41) is 0. The highest BCUT2D eigenvalue weighted by molar-refractivity contribution is 6.09.